The molecule has 21 heavy (non-hydrogen) atoms. The third kappa shape index (κ3) is 3.88. The largest absolute Gasteiger partial charge is 0.392 e. The average molecular weight is 354 g/mol. The van der Waals surface area contributed by atoms with Crippen LogP contribution >= 0.6 is 23.2 Å². The molecule has 118 valence electrons. The summed E-state index contributed by atoms with van der Waals surface area (Å²) in [5.41, 5.74) is 0.319. The molecule has 0 radical (unpaired) electrons. The summed E-state index contributed by atoms with van der Waals surface area (Å²) < 4.78 is 32.6. The third-order valence-electron chi connectivity index (χ3n) is 3.63. The molecule has 1 aliphatic heterocycles. The van der Waals surface area contributed by atoms with Gasteiger partial charge in [0.05, 0.1) is 17.7 Å². The van der Waals surface area contributed by atoms with E-state index in [1.54, 1.807) is 0 Å². The van der Waals surface area contributed by atoms with E-state index in [0.717, 1.165) is 6.42 Å². The number of hydrogen-bond donors (Lipinski definition) is 2. The first-order valence-corrected chi connectivity index (χ1v) is 8.79. The van der Waals surface area contributed by atoms with E-state index in [-0.39, 0.29) is 40.1 Å². The Balaban J connectivity index is 2.19. The van der Waals surface area contributed by atoms with E-state index < -0.39 is 10.0 Å². The summed E-state index contributed by atoms with van der Waals surface area (Å²) in [6.45, 7) is 2.50. The molecule has 0 spiro atoms. The minimum absolute atomic E-state index is 0.0282. The average Bonchev–Trinajstić information content (AvgIpc) is 2.82. The smallest absolute Gasteiger partial charge is 0.242 e. The maximum Gasteiger partial charge on any atom is 0.242 e. The fourth-order valence-corrected chi connectivity index (χ4v) is 4.19. The highest BCUT2D eigenvalue weighted by Crippen LogP contribution is 2.29. The van der Waals surface area contributed by atoms with Gasteiger partial charge in [-0.05, 0) is 31.0 Å². The van der Waals surface area contributed by atoms with Crippen LogP contribution in [0.15, 0.2) is 17.0 Å². The van der Waals surface area contributed by atoms with Gasteiger partial charge in [-0.1, -0.05) is 23.2 Å². The van der Waals surface area contributed by atoms with Crippen molar-refractivity contribution in [2.24, 2.45) is 5.92 Å². The van der Waals surface area contributed by atoms with Gasteiger partial charge in [0.1, 0.15) is 4.90 Å². The zero-order chi connectivity index (χ0) is 15.6. The molecule has 2 rings (SSSR count). The second kappa shape index (κ2) is 6.81. The molecule has 1 aliphatic rings. The lowest BCUT2D eigenvalue weighted by molar-refractivity contribution is 0.107. The van der Waals surface area contributed by atoms with Crippen molar-refractivity contribution in [2.75, 3.05) is 13.2 Å². The van der Waals surface area contributed by atoms with Gasteiger partial charge in [-0.3, -0.25) is 0 Å². The number of aliphatic hydroxyl groups is 1. The normalized spacial score (nSPS) is 22.7. The molecule has 0 amide bonds. The Labute approximate surface area is 134 Å². The predicted molar refractivity (Wildman–Crippen MR) is 81.1 cm³/mol. The van der Waals surface area contributed by atoms with Gasteiger partial charge in [0.25, 0.3) is 0 Å². The highest BCUT2D eigenvalue weighted by molar-refractivity contribution is 7.89. The summed E-state index contributed by atoms with van der Waals surface area (Å²) >= 11 is 11.8. The van der Waals surface area contributed by atoms with Crippen LogP contribution in [0.25, 0.3) is 0 Å². The predicted octanol–water partition coefficient (Wildman–Crippen LogP) is 2.19. The minimum atomic E-state index is -3.76. The Morgan fingerprint density at radius 1 is 1.38 bits per heavy atom. The number of sulfonamides is 1. The molecule has 1 aromatic rings. The highest BCUT2D eigenvalue weighted by Gasteiger charge is 2.27. The van der Waals surface area contributed by atoms with E-state index in [1.807, 2.05) is 6.92 Å². The van der Waals surface area contributed by atoms with Crippen molar-refractivity contribution in [1.82, 2.24) is 4.72 Å². The summed E-state index contributed by atoms with van der Waals surface area (Å²) in [5.74, 6) is 0.142. The fourth-order valence-electron chi connectivity index (χ4n) is 2.24. The molecule has 0 aromatic heterocycles. The van der Waals surface area contributed by atoms with Crippen molar-refractivity contribution in [3.8, 4) is 0 Å². The third-order valence-corrected chi connectivity index (χ3v) is 5.87. The van der Waals surface area contributed by atoms with Crippen molar-refractivity contribution >= 4 is 33.2 Å². The van der Waals surface area contributed by atoms with Crippen molar-refractivity contribution < 1.29 is 18.3 Å². The van der Waals surface area contributed by atoms with Crippen molar-refractivity contribution in [1.29, 1.82) is 0 Å². The van der Waals surface area contributed by atoms with E-state index in [9.17, 15) is 13.5 Å². The monoisotopic (exact) mass is 353 g/mol. The lowest BCUT2D eigenvalue weighted by Crippen LogP contribution is -2.32. The van der Waals surface area contributed by atoms with Gasteiger partial charge in [-0.15, -0.1) is 0 Å². The molecule has 5 nitrogen and oxygen atoms in total. The fraction of sp³-hybridized carbons (Fsp3) is 0.538. The van der Waals surface area contributed by atoms with Crippen molar-refractivity contribution in [3.05, 3.63) is 27.7 Å². The van der Waals surface area contributed by atoms with E-state index in [1.165, 1.54) is 12.1 Å². The summed E-state index contributed by atoms with van der Waals surface area (Å²) in [5, 5.41) is 9.44. The highest BCUT2D eigenvalue weighted by atomic mass is 35.5. The summed E-state index contributed by atoms with van der Waals surface area (Å²) in [4.78, 5) is -0.0795. The first kappa shape index (κ1) is 17.0. The molecule has 0 saturated carbocycles. The Hall–Kier alpha value is -0.370. The quantitative estimate of drug-likeness (QED) is 0.850. The first-order valence-electron chi connectivity index (χ1n) is 6.55. The van der Waals surface area contributed by atoms with Crippen LogP contribution < -0.4 is 4.72 Å². The molecule has 2 atom stereocenters. The van der Waals surface area contributed by atoms with E-state index in [4.69, 9.17) is 27.9 Å². The molecular weight excluding hydrogens is 337 g/mol. The second-order valence-corrected chi connectivity index (χ2v) is 7.56. The molecular formula is C13H17Cl2NO4S. The molecule has 0 aliphatic carbocycles. The number of ether oxygens (including phenoxy) is 1. The lowest BCUT2D eigenvalue weighted by atomic mass is 10.0. The zero-order valence-electron chi connectivity index (χ0n) is 11.5. The van der Waals surface area contributed by atoms with Crippen LogP contribution in [-0.4, -0.2) is 32.8 Å². The molecule has 0 bridgehead atoms. The Morgan fingerprint density at radius 2 is 2.10 bits per heavy atom. The van der Waals surface area contributed by atoms with E-state index in [2.05, 4.69) is 4.72 Å². The minimum Gasteiger partial charge on any atom is -0.392 e. The van der Waals surface area contributed by atoms with Crippen LogP contribution in [0, 0.1) is 5.92 Å². The number of hydrogen-bond acceptors (Lipinski definition) is 4. The molecule has 2 unspecified atom stereocenters. The summed E-state index contributed by atoms with van der Waals surface area (Å²) in [7, 11) is -3.76. The van der Waals surface area contributed by atoms with Crippen LogP contribution in [0.5, 0.6) is 0 Å². The lowest BCUT2D eigenvalue weighted by Gasteiger charge is -2.16. The molecule has 8 heteroatoms. The van der Waals surface area contributed by atoms with Crippen molar-refractivity contribution in [3.63, 3.8) is 0 Å². The van der Waals surface area contributed by atoms with Gasteiger partial charge >= 0.3 is 0 Å². The molecule has 1 aromatic carbocycles. The van der Waals surface area contributed by atoms with Crippen LogP contribution in [0.1, 0.15) is 18.9 Å². The Kier molecular flexibility index (Phi) is 5.51. The SMILES string of the molecule is CC1OCCC1CNS(=O)(=O)c1cc(CO)c(Cl)cc1Cl. The van der Waals surface area contributed by atoms with E-state index in [0.29, 0.717) is 12.2 Å². The number of halogens is 2. The molecule has 2 N–H and O–H groups in total. The van der Waals surface area contributed by atoms with Gasteiger partial charge in [0.2, 0.25) is 10.0 Å². The maximum absolute atomic E-state index is 12.3. The second-order valence-electron chi connectivity index (χ2n) is 5.01. The van der Waals surface area contributed by atoms with Crippen LogP contribution in [-0.2, 0) is 21.4 Å². The molecule has 1 fully saturated rings. The molecule has 1 saturated heterocycles. The first-order chi connectivity index (χ1) is 9.85. The van der Waals surface area contributed by atoms with E-state index >= 15 is 0 Å². The summed E-state index contributed by atoms with van der Waals surface area (Å²) in [6.07, 6.45) is 0.848. The van der Waals surface area contributed by atoms with Crippen LogP contribution in [0.3, 0.4) is 0 Å². The topological polar surface area (TPSA) is 75.6 Å². The number of benzene rings is 1. The van der Waals surface area contributed by atoms with Gasteiger partial charge in [-0.25, -0.2) is 13.1 Å². The van der Waals surface area contributed by atoms with Crippen molar-refractivity contribution in [2.45, 2.75) is 31.0 Å². The van der Waals surface area contributed by atoms with Gasteiger partial charge < -0.3 is 9.84 Å². The Bertz CT molecular complexity index is 621. The van der Waals surface area contributed by atoms with Gasteiger partial charge in [0, 0.05) is 24.1 Å². The number of rotatable bonds is 5. The number of nitrogens with one attached hydrogen (secondary N) is 1. The van der Waals surface area contributed by atoms with Gasteiger partial charge in [0.15, 0.2) is 0 Å². The van der Waals surface area contributed by atoms with Gasteiger partial charge in [-0.2, -0.15) is 0 Å². The standard InChI is InChI=1S/C13H17Cl2NO4S/c1-8-9(2-3-20-8)6-16-21(18,19)13-4-10(7-17)11(14)5-12(13)15/h4-5,8-9,16-17H,2-3,6-7H2,1H3. The summed E-state index contributed by atoms with van der Waals surface area (Å²) in [6, 6.07) is 2.62. The maximum atomic E-state index is 12.3. The molecule has 1 heterocycles. The van der Waals surface area contributed by atoms with Crippen LogP contribution in [0.4, 0.5) is 0 Å². The number of aliphatic hydroxyl groups excluding tert-OH is 1. The zero-order valence-corrected chi connectivity index (χ0v) is 13.8. The Morgan fingerprint density at radius 3 is 2.67 bits per heavy atom. The van der Waals surface area contributed by atoms with Crippen LogP contribution in [0.2, 0.25) is 10.0 Å².